The summed E-state index contributed by atoms with van der Waals surface area (Å²) < 4.78 is 10.9. The summed E-state index contributed by atoms with van der Waals surface area (Å²) in [7, 11) is 0. The van der Waals surface area contributed by atoms with Crippen LogP contribution in [0.1, 0.15) is 5.56 Å². The number of hydrogen-bond donors (Lipinski definition) is 1. The smallest absolute Gasteiger partial charge is 0.215 e. The van der Waals surface area contributed by atoms with E-state index in [1.165, 1.54) is 0 Å². The highest BCUT2D eigenvalue weighted by atomic mass is 16.5. The minimum atomic E-state index is 0.435. The van der Waals surface area contributed by atoms with Crippen LogP contribution in [-0.2, 0) is 0 Å². The summed E-state index contributed by atoms with van der Waals surface area (Å²) in [6.07, 6.45) is 1.70. The lowest BCUT2D eigenvalue weighted by atomic mass is 10.3. The average molecular weight is 244 g/mol. The molecule has 0 spiro atoms. The Bertz CT molecular complexity index is 500. The van der Waals surface area contributed by atoms with Crippen LogP contribution in [0.4, 0.5) is 5.69 Å². The maximum absolute atomic E-state index is 5.76. The van der Waals surface area contributed by atoms with Crippen LogP contribution in [0.2, 0.25) is 0 Å². The van der Waals surface area contributed by atoms with Gasteiger partial charge in [0.1, 0.15) is 19.0 Å². The predicted octanol–water partition coefficient (Wildman–Crippen LogP) is 2.43. The van der Waals surface area contributed by atoms with Crippen LogP contribution in [0, 0.1) is 6.92 Å². The quantitative estimate of drug-likeness (QED) is 0.821. The molecule has 2 aromatic rings. The monoisotopic (exact) mass is 244 g/mol. The fourth-order valence-corrected chi connectivity index (χ4v) is 1.42. The first-order valence-electron chi connectivity index (χ1n) is 5.78. The number of nitrogen functional groups attached to an aromatic ring is 1. The summed E-state index contributed by atoms with van der Waals surface area (Å²) in [5, 5.41) is 0. The lowest BCUT2D eigenvalue weighted by molar-refractivity contribution is 0.212. The molecule has 0 unspecified atom stereocenters. The highest BCUT2D eigenvalue weighted by molar-refractivity contribution is 5.47. The van der Waals surface area contributed by atoms with Crippen molar-refractivity contribution >= 4 is 5.69 Å². The van der Waals surface area contributed by atoms with Crippen LogP contribution in [0.3, 0.4) is 0 Å². The van der Waals surface area contributed by atoms with Crippen molar-refractivity contribution in [1.82, 2.24) is 4.98 Å². The Kier molecular flexibility index (Phi) is 4.02. The maximum Gasteiger partial charge on any atom is 0.215 e. The van der Waals surface area contributed by atoms with Crippen molar-refractivity contribution < 1.29 is 9.47 Å². The molecule has 1 aromatic heterocycles. The van der Waals surface area contributed by atoms with Crippen molar-refractivity contribution in [1.29, 1.82) is 0 Å². The largest absolute Gasteiger partial charge is 0.490 e. The van der Waals surface area contributed by atoms with Gasteiger partial charge in [-0.05, 0) is 24.6 Å². The average Bonchev–Trinajstić information content (AvgIpc) is 2.40. The van der Waals surface area contributed by atoms with Crippen LogP contribution >= 0.6 is 0 Å². The Balaban J connectivity index is 1.77. The van der Waals surface area contributed by atoms with Gasteiger partial charge in [-0.2, -0.15) is 0 Å². The van der Waals surface area contributed by atoms with Crippen molar-refractivity contribution in [3.05, 3.63) is 48.2 Å². The third kappa shape index (κ3) is 3.38. The fourth-order valence-electron chi connectivity index (χ4n) is 1.42. The third-order valence-electron chi connectivity index (χ3n) is 2.46. The molecule has 4 nitrogen and oxygen atoms in total. The van der Waals surface area contributed by atoms with Crippen LogP contribution in [0.25, 0.3) is 0 Å². The Labute approximate surface area is 106 Å². The molecule has 0 aliphatic rings. The second-order valence-electron chi connectivity index (χ2n) is 3.89. The number of aryl methyl sites for hydroxylation is 1. The molecule has 2 N–H and O–H groups in total. The van der Waals surface area contributed by atoms with Gasteiger partial charge in [0, 0.05) is 18.0 Å². The van der Waals surface area contributed by atoms with Gasteiger partial charge in [-0.1, -0.05) is 18.2 Å². The first-order chi connectivity index (χ1) is 8.75. The van der Waals surface area contributed by atoms with Gasteiger partial charge in [0.05, 0.1) is 0 Å². The number of pyridine rings is 1. The number of nitrogens with zero attached hydrogens (tertiary/aromatic N) is 1. The van der Waals surface area contributed by atoms with Gasteiger partial charge in [-0.15, -0.1) is 0 Å². The molecule has 4 heteroatoms. The van der Waals surface area contributed by atoms with Crippen molar-refractivity contribution in [3.63, 3.8) is 0 Å². The van der Waals surface area contributed by atoms with Crippen molar-refractivity contribution in [2.75, 3.05) is 18.9 Å². The van der Waals surface area contributed by atoms with Crippen LogP contribution in [-0.4, -0.2) is 18.2 Å². The summed E-state index contributed by atoms with van der Waals surface area (Å²) in [5.74, 6) is 1.35. The standard InChI is InChI=1S/C14H16N2O2/c1-11-10-16-14(9-13(11)15)18-8-7-17-12-5-3-2-4-6-12/h2-6,9-10H,7-8H2,1H3,(H2,15,16). The second kappa shape index (κ2) is 5.91. The van der Waals surface area contributed by atoms with Gasteiger partial charge >= 0.3 is 0 Å². The maximum atomic E-state index is 5.76. The third-order valence-corrected chi connectivity index (χ3v) is 2.46. The number of nitrogens with two attached hydrogens (primary N) is 1. The van der Waals surface area contributed by atoms with E-state index in [1.54, 1.807) is 12.3 Å². The number of ether oxygens (including phenoxy) is 2. The van der Waals surface area contributed by atoms with E-state index >= 15 is 0 Å². The molecule has 0 aliphatic carbocycles. The summed E-state index contributed by atoms with van der Waals surface area (Å²) >= 11 is 0. The summed E-state index contributed by atoms with van der Waals surface area (Å²) in [6.45, 7) is 2.81. The molecule has 2 rings (SSSR count). The van der Waals surface area contributed by atoms with E-state index in [9.17, 15) is 0 Å². The first-order valence-corrected chi connectivity index (χ1v) is 5.78. The molecule has 0 amide bonds. The van der Waals surface area contributed by atoms with Gasteiger partial charge < -0.3 is 15.2 Å². The van der Waals surface area contributed by atoms with Gasteiger partial charge in [0.15, 0.2) is 0 Å². The number of para-hydroxylation sites is 1. The zero-order chi connectivity index (χ0) is 12.8. The minimum absolute atomic E-state index is 0.435. The number of hydrogen-bond acceptors (Lipinski definition) is 4. The van der Waals surface area contributed by atoms with Gasteiger partial charge in [-0.25, -0.2) is 4.98 Å². The van der Waals surface area contributed by atoms with Crippen molar-refractivity contribution in [2.24, 2.45) is 0 Å². The molecule has 0 saturated carbocycles. The van der Waals surface area contributed by atoms with Crippen LogP contribution in [0.5, 0.6) is 11.6 Å². The first kappa shape index (κ1) is 12.2. The fraction of sp³-hybridized carbons (Fsp3) is 0.214. The molecule has 0 saturated heterocycles. The molecular formula is C14H16N2O2. The molecular weight excluding hydrogens is 228 g/mol. The number of rotatable bonds is 5. The molecule has 0 bridgehead atoms. The normalized spacial score (nSPS) is 10.1. The van der Waals surface area contributed by atoms with E-state index in [0.29, 0.717) is 24.8 Å². The molecule has 1 aromatic carbocycles. The lowest BCUT2D eigenvalue weighted by Gasteiger charge is -2.08. The zero-order valence-corrected chi connectivity index (χ0v) is 10.3. The van der Waals surface area contributed by atoms with Gasteiger partial charge in [0.25, 0.3) is 0 Å². The lowest BCUT2D eigenvalue weighted by Crippen LogP contribution is -2.10. The molecule has 0 atom stereocenters. The van der Waals surface area contributed by atoms with E-state index in [0.717, 1.165) is 11.3 Å². The highest BCUT2D eigenvalue weighted by Crippen LogP contribution is 2.15. The summed E-state index contributed by atoms with van der Waals surface area (Å²) in [6, 6.07) is 11.3. The van der Waals surface area contributed by atoms with E-state index in [4.69, 9.17) is 15.2 Å². The van der Waals surface area contributed by atoms with E-state index < -0.39 is 0 Å². The van der Waals surface area contributed by atoms with E-state index in [2.05, 4.69) is 4.98 Å². The van der Waals surface area contributed by atoms with Crippen molar-refractivity contribution in [3.8, 4) is 11.6 Å². The summed E-state index contributed by atoms with van der Waals surface area (Å²) in [5.41, 5.74) is 7.40. The van der Waals surface area contributed by atoms with Gasteiger partial charge in [-0.3, -0.25) is 0 Å². The highest BCUT2D eigenvalue weighted by Gasteiger charge is 1.99. The van der Waals surface area contributed by atoms with E-state index in [-0.39, 0.29) is 0 Å². The van der Waals surface area contributed by atoms with Crippen LogP contribution < -0.4 is 15.2 Å². The van der Waals surface area contributed by atoms with Gasteiger partial charge in [0.2, 0.25) is 5.88 Å². The topological polar surface area (TPSA) is 57.4 Å². The number of aromatic nitrogens is 1. The molecule has 0 radical (unpaired) electrons. The van der Waals surface area contributed by atoms with E-state index in [1.807, 2.05) is 37.3 Å². The molecule has 0 fully saturated rings. The molecule has 0 aliphatic heterocycles. The Hall–Kier alpha value is -2.23. The SMILES string of the molecule is Cc1cnc(OCCOc2ccccc2)cc1N. The predicted molar refractivity (Wildman–Crippen MR) is 70.8 cm³/mol. The minimum Gasteiger partial charge on any atom is -0.490 e. The van der Waals surface area contributed by atoms with Crippen molar-refractivity contribution in [2.45, 2.75) is 6.92 Å². The Morgan fingerprint density at radius 3 is 2.56 bits per heavy atom. The summed E-state index contributed by atoms with van der Waals surface area (Å²) in [4.78, 5) is 4.13. The number of benzene rings is 1. The Morgan fingerprint density at radius 2 is 1.83 bits per heavy atom. The zero-order valence-electron chi connectivity index (χ0n) is 10.3. The second-order valence-corrected chi connectivity index (χ2v) is 3.89. The Morgan fingerprint density at radius 1 is 1.11 bits per heavy atom. The molecule has 94 valence electrons. The molecule has 18 heavy (non-hydrogen) atoms. The van der Waals surface area contributed by atoms with Crippen LogP contribution in [0.15, 0.2) is 42.6 Å². The number of anilines is 1. The molecule has 1 heterocycles.